The van der Waals surface area contributed by atoms with Crippen LogP contribution in [-0.4, -0.2) is 24.5 Å². The summed E-state index contributed by atoms with van der Waals surface area (Å²) in [6.07, 6.45) is 3.66. The van der Waals surface area contributed by atoms with Crippen LogP contribution >= 0.6 is 0 Å². The number of hydrogen-bond acceptors (Lipinski definition) is 1. The standard InChI is InChI=1S/C11H21N/c1-5-12-8-6-7-10(9-12)11(2,3)4/h7H,5-6,8-9H2,1-4H3. The zero-order valence-electron chi connectivity index (χ0n) is 8.85. The number of nitrogens with zero attached hydrogens (tertiary/aromatic N) is 1. The summed E-state index contributed by atoms with van der Waals surface area (Å²) in [7, 11) is 0. The van der Waals surface area contributed by atoms with Crippen LogP contribution in [0.2, 0.25) is 0 Å². The molecule has 0 spiro atoms. The lowest BCUT2D eigenvalue weighted by atomic mass is 9.84. The van der Waals surface area contributed by atoms with E-state index in [1.807, 2.05) is 0 Å². The summed E-state index contributed by atoms with van der Waals surface area (Å²) in [6.45, 7) is 12.8. The van der Waals surface area contributed by atoms with E-state index in [0.717, 1.165) is 0 Å². The summed E-state index contributed by atoms with van der Waals surface area (Å²) in [5.74, 6) is 0. The first kappa shape index (κ1) is 9.79. The highest BCUT2D eigenvalue weighted by molar-refractivity contribution is 5.15. The molecule has 12 heavy (non-hydrogen) atoms. The molecule has 0 aromatic rings. The minimum absolute atomic E-state index is 0.369. The highest BCUT2D eigenvalue weighted by Gasteiger charge is 2.21. The molecule has 1 heteroatoms. The van der Waals surface area contributed by atoms with E-state index in [-0.39, 0.29) is 0 Å². The van der Waals surface area contributed by atoms with Crippen molar-refractivity contribution < 1.29 is 0 Å². The van der Waals surface area contributed by atoms with Crippen LogP contribution in [-0.2, 0) is 0 Å². The van der Waals surface area contributed by atoms with Crippen molar-refractivity contribution in [1.82, 2.24) is 4.90 Å². The molecule has 0 radical (unpaired) electrons. The average Bonchev–Trinajstić information content (AvgIpc) is 2.03. The Morgan fingerprint density at radius 3 is 2.58 bits per heavy atom. The molecule has 1 aliphatic heterocycles. The van der Waals surface area contributed by atoms with Gasteiger partial charge in [-0.05, 0) is 18.4 Å². The molecule has 0 aromatic heterocycles. The lowest BCUT2D eigenvalue weighted by Gasteiger charge is -2.32. The molecule has 1 rings (SSSR count). The molecule has 0 atom stereocenters. The number of hydrogen-bond donors (Lipinski definition) is 0. The van der Waals surface area contributed by atoms with Gasteiger partial charge in [-0.15, -0.1) is 0 Å². The number of rotatable bonds is 1. The second-order valence-electron chi connectivity index (χ2n) is 4.64. The van der Waals surface area contributed by atoms with Gasteiger partial charge in [0.15, 0.2) is 0 Å². The normalized spacial score (nSPS) is 20.8. The van der Waals surface area contributed by atoms with Crippen molar-refractivity contribution in [1.29, 1.82) is 0 Å². The van der Waals surface area contributed by atoms with E-state index in [2.05, 4.69) is 38.7 Å². The van der Waals surface area contributed by atoms with Crippen LogP contribution in [0.5, 0.6) is 0 Å². The average molecular weight is 167 g/mol. The van der Waals surface area contributed by atoms with Crippen LogP contribution in [0, 0.1) is 5.41 Å². The summed E-state index contributed by atoms with van der Waals surface area (Å²) in [5.41, 5.74) is 1.98. The molecule has 0 saturated heterocycles. The minimum Gasteiger partial charge on any atom is -0.299 e. The van der Waals surface area contributed by atoms with Crippen LogP contribution in [0.1, 0.15) is 34.1 Å². The molecule has 0 aromatic carbocycles. The predicted octanol–water partition coefficient (Wildman–Crippen LogP) is 2.68. The molecule has 0 fully saturated rings. The van der Waals surface area contributed by atoms with Crippen LogP contribution < -0.4 is 0 Å². The third-order valence-electron chi connectivity index (χ3n) is 2.64. The van der Waals surface area contributed by atoms with Crippen molar-refractivity contribution in [2.24, 2.45) is 5.41 Å². The first-order chi connectivity index (χ1) is 5.54. The second kappa shape index (κ2) is 3.61. The van der Waals surface area contributed by atoms with E-state index in [4.69, 9.17) is 0 Å². The maximum absolute atomic E-state index is 2.51. The van der Waals surface area contributed by atoms with E-state index >= 15 is 0 Å². The minimum atomic E-state index is 0.369. The van der Waals surface area contributed by atoms with Gasteiger partial charge in [0.1, 0.15) is 0 Å². The van der Waals surface area contributed by atoms with Gasteiger partial charge < -0.3 is 0 Å². The van der Waals surface area contributed by atoms with Crippen molar-refractivity contribution in [3.05, 3.63) is 11.6 Å². The van der Waals surface area contributed by atoms with Crippen LogP contribution in [0.4, 0.5) is 0 Å². The van der Waals surface area contributed by atoms with Gasteiger partial charge in [-0.3, -0.25) is 4.90 Å². The third kappa shape index (κ3) is 2.34. The maximum atomic E-state index is 2.51. The van der Waals surface area contributed by atoms with Crippen molar-refractivity contribution in [3.63, 3.8) is 0 Å². The van der Waals surface area contributed by atoms with E-state index in [1.165, 1.54) is 26.1 Å². The van der Waals surface area contributed by atoms with Gasteiger partial charge in [-0.25, -0.2) is 0 Å². The fourth-order valence-electron chi connectivity index (χ4n) is 1.62. The Labute approximate surface area is 76.5 Å². The lowest BCUT2D eigenvalue weighted by Crippen LogP contribution is -2.33. The summed E-state index contributed by atoms with van der Waals surface area (Å²) < 4.78 is 0. The SMILES string of the molecule is CCN1CCC=C(C(C)(C)C)C1. The van der Waals surface area contributed by atoms with Gasteiger partial charge in [-0.1, -0.05) is 39.3 Å². The summed E-state index contributed by atoms with van der Waals surface area (Å²) in [4.78, 5) is 2.51. The Morgan fingerprint density at radius 1 is 1.42 bits per heavy atom. The molecule has 70 valence electrons. The van der Waals surface area contributed by atoms with Gasteiger partial charge in [0.25, 0.3) is 0 Å². The monoisotopic (exact) mass is 167 g/mol. The van der Waals surface area contributed by atoms with E-state index in [1.54, 1.807) is 5.57 Å². The topological polar surface area (TPSA) is 3.24 Å². The van der Waals surface area contributed by atoms with Gasteiger partial charge in [0, 0.05) is 13.1 Å². The van der Waals surface area contributed by atoms with Gasteiger partial charge in [0.2, 0.25) is 0 Å². The summed E-state index contributed by atoms with van der Waals surface area (Å²) in [6, 6.07) is 0. The van der Waals surface area contributed by atoms with Crippen molar-refractivity contribution in [2.45, 2.75) is 34.1 Å². The molecular formula is C11H21N. The molecule has 0 unspecified atom stereocenters. The Hall–Kier alpha value is -0.300. The van der Waals surface area contributed by atoms with Gasteiger partial charge in [-0.2, -0.15) is 0 Å². The highest BCUT2D eigenvalue weighted by Crippen LogP contribution is 2.28. The van der Waals surface area contributed by atoms with Crippen molar-refractivity contribution >= 4 is 0 Å². The predicted molar refractivity (Wildman–Crippen MR) is 54.3 cm³/mol. The maximum Gasteiger partial charge on any atom is 0.0198 e. The molecule has 0 N–H and O–H groups in total. The summed E-state index contributed by atoms with van der Waals surface area (Å²) in [5, 5.41) is 0. The fourth-order valence-corrected chi connectivity index (χ4v) is 1.62. The van der Waals surface area contributed by atoms with Crippen molar-refractivity contribution in [2.75, 3.05) is 19.6 Å². The van der Waals surface area contributed by atoms with Crippen LogP contribution in [0.3, 0.4) is 0 Å². The second-order valence-corrected chi connectivity index (χ2v) is 4.64. The zero-order valence-corrected chi connectivity index (χ0v) is 8.85. The van der Waals surface area contributed by atoms with Gasteiger partial charge >= 0.3 is 0 Å². The zero-order chi connectivity index (χ0) is 9.19. The first-order valence-corrected chi connectivity index (χ1v) is 4.96. The smallest absolute Gasteiger partial charge is 0.0198 e. The molecule has 0 saturated carbocycles. The Kier molecular flexibility index (Phi) is 2.94. The van der Waals surface area contributed by atoms with Crippen molar-refractivity contribution in [3.8, 4) is 0 Å². The molecule has 0 bridgehead atoms. The Morgan fingerprint density at radius 2 is 2.08 bits per heavy atom. The molecule has 1 aliphatic rings. The molecule has 0 aliphatic carbocycles. The Bertz CT molecular complexity index is 174. The van der Waals surface area contributed by atoms with Gasteiger partial charge in [0.05, 0.1) is 0 Å². The highest BCUT2D eigenvalue weighted by atomic mass is 15.1. The fraction of sp³-hybridized carbons (Fsp3) is 0.818. The largest absolute Gasteiger partial charge is 0.299 e. The first-order valence-electron chi connectivity index (χ1n) is 4.96. The van der Waals surface area contributed by atoms with Crippen LogP contribution in [0.15, 0.2) is 11.6 Å². The summed E-state index contributed by atoms with van der Waals surface area (Å²) >= 11 is 0. The van der Waals surface area contributed by atoms with E-state index < -0.39 is 0 Å². The number of likely N-dealkylation sites (N-methyl/N-ethyl adjacent to an activating group) is 1. The lowest BCUT2D eigenvalue weighted by molar-refractivity contribution is 0.279. The molecule has 1 nitrogen and oxygen atoms in total. The van der Waals surface area contributed by atoms with E-state index in [0.29, 0.717) is 5.41 Å². The third-order valence-corrected chi connectivity index (χ3v) is 2.64. The van der Waals surface area contributed by atoms with Crippen LogP contribution in [0.25, 0.3) is 0 Å². The molecule has 0 amide bonds. The quantitative estimate of drug-likeness (QED) is 0.543. The molecular weight excluding hydrogens is 146 g/mol. The molecule has 1 heterocycles. The Balaban J connectivity index is 2.61. The van der Waals surface area contributed by atoms with E-state index in [9.17, 15) is 0 Å².